The van der Waals surface area contributed by atoms with Gasteiger partial charge in [0.25, 0.3) is 0 Å². The van der Waals surface area contributed by atoms with Gasteiger partial charge in [0, 0.05) is 31.0 Å². The van der Waals surface area contributed by atoms with Crippen LogP contribution < -0.4 is 0 Å². The van der Waals surface area contributed by atoms with Gasteiger partial charge >= 0.3 is 0 Å². The van der Waals surface area contributed by atoms with E-state index in [0.717, 1.165) is 50.8 Å². The molecule has 0 saturated carbocycles. The number of hydrogen-bond acceptors (Lipinski definition) is 4. The number of rotatable bonds is 6. The zero-order valence-corrected chi connectivity index (χ0v) is 15.2. The maximum Gasteiger partial charge on any atom is 0.230 e. The molecule has 134 valence electrons. The summed E-state index contributed by atoms with van der Waals surface area (Å²) in [4.78, 5) is 18.8. The third kappa shape index (κ3) is 4.47. The second-order valence-corrected chi connectivity index (χ2v) is 6.94. The first-order chi connectivity index (χ1) is 12.2. The van der Waals surface area contributed by atoms with Crippen molar-refractivity contribution in [2.24, 2.45) is 0 Å². The molecule has 0 spiro atoms. The van der Waals surface area contributed by atoms with Crippen LogP contribution in [0.1, 0.15) is 62.8 Å². The third-order valence-electron chi connectivity index (χ3n) is 4.91. The Morgan fingerprint density at radius 2 is 2.08 bits per heavy atom. The first kappa shape index (κ1) is 17.6. The maximum absolute atomic E-state index is 12.2. The maximum atomic E-state index is 12.2. The summed E-state index contributed by atoms with van der Waals surface area (Å²) in [6.07, 6.45) is 5.75. The molecule has 1 fully saturated rings. The normalized spacial score (nSPS) is 15.5. The van der Waals surface area contributed by atoms with Crippen molar-refractivity contribution < 1.29 is 9.32 Å². The number of carbonyl (C=O) groups is 1. The smallest absolute Gasteiger partial charge is 0.230 e. The summed E-state index contributed by atoms with van der Waals surface area (Å²) in [5.74, 6) is 1.90. The number of piperidine rings is 1. The molecule has 1 aliphatic heterocycles. The minimum Gasteiger partial charge on any atom is -0.343 e. The van der Waals surface area contributed by atoms with Crippen LogP contribution in [0, 0.1) is 6.92 Å². The van der Waals surface area contributed by atoms with Crippen molar-refractivity contribution in [2.45, 2.75) is 58.3 Å². The quantitative estimate of drug-likeness (QED) is 0.734. The van der Waals surface area contributed by atoms with E-state index < -0.39 is 0 Å². The largest absolute Gasteiger partial charge is 0.343 e. The molecule has 5 heteroatoms. The van der Waals surface area contributed by atoms with Crippen LogP contribution in [0.3, 0.4) is 0 Å². The van der Waals surface area contributed by atoms with Gasteiger partial charge in [-0.3, -0.25) is 4.79 Å². The molecule has 1 aromatic carbocycles. The monoisotopic (exact) mass is 341 g/mol. The van der Waals surface area contributed by atoms with Gasteiger partial charge in [0.05, 0.1) is 0 Å². The van der Waals surface area contributed by atoms with Gasteiger partial charge in [0.2, 0.25) is 17.6 Å². The highest BCUT2D eigenvalue weighted by atomic mass is 16.5. The molecule has 2 heterocycles. The molecule has 1 amide bonds. The molecule has 0 atom stereocenters. The fourth-order valence-electron chi connectivity index (χ4n) is 3.36. The lowest BCUT2D eigenvalue weighted by atomic mass is 9.96. The average molecular weight is 341 g/mol. The van der Waals surface area contributed by atoms with E-state index >= 15 is 0 Å². The molecule has 1 saturated heterocycles. The number of aromatic nitrogens is 2. The van der Waals surface area contributed by atoms with E-state index in [1.807, 2.05) is 17.0 Å². The fraction of sp³-hybridized carbons (Fsp3) is 0.550. The van der Waals surface area contributed by atoms with Crippen molar-refractivity contribution in [3.05, 3.63) is 35.7 Å². The van der Waals surface area contributed by atoms with Crippen molar-refractivity contribution in [3.8, 4) is 11.4 Å². The number of likely N-dealkylation sites (tertiary alicyclic amines) is 1. The number of aryl methyl sites for hydroxylation is 1. The number of hydrogen-bond donors (Lipinski definition) is 0. The average Bonchev–Trinajstić information content (AvgIpc) is 3.12. The Kier molecular flexibility index (Phi) is 5.84. The van der Waals surface area contributed by atoms with E-state index in [9.17, 15) is 4.79 Å². The first-order valence-corrected chi connectivity index (χ1v) is 9.35. The van der Waals surface area contributed by atoms with E-state index in [0.29, 0.717) is 18.1 Å². The second kappa shape index (κ2) is 8.28. The van der Waals surface area contributed by atoms with Crippen molar-refractivity contribution in [2.75, 3.05) is 13.1 Å². The molecule has 1 aromatic heterocycles. The zero-order valence-electron chi connectivity index (χ0n) is 15.2. The second-order valence-electron chi connectivity index (χ2n) is 6.94. The lowest BCUT2D eigenvalue weighted by Crippen LogP contribution is -2.37. The highest BCUT2D eigenvalue weighted by Crippen LogP contribution is 2.29. The van der Waals surface area contributed by atoms with E-state index in [1.54, 1.807) is 0 Å². The standard InChI is InChI=1S/C20H27N3O2/c1-3-4-5-9-18(24)23-12-10-16(11-13-23)20-21-19(22-25-20)17-8-6-7-15(2)14-17/h6-8,14,16H,3-5,9-13H2,1-2H3. The molecule has 3 rings (SSSR count). The summed E-state index contributed by atoms with van der Waals surface area (Å²) >= 11 is 0. The molecule has 0 radical (unpaired) electrons. The molecule has 0 N–H and O–H groups in total. The van der Waals surface area contributed by atoms with Crippen molar-refractivity contribution >= 4 is 5.91 Å². The first-order valence-electron chi connectivity index (χ1n) is 9.35. The molecule has 1 aliphatic rings. The van der Waals surface area contributed by atoms with Gasteiger partial charge < -0.3 is 9.42 Å². The highest BCUT2D eigenvalue weighted by Gasteiger charge is 2.27. The van der Waals surface area contributed by atoms with Crippen molar-refractivity contribution in [1.82, 2.24) is 15.0 Å². The third-order valence-corrected chi connectivity index (χ3v) is 4.91. The molecule has 0 aliphatic carbocycles. The predicted molar refractivity (Wildman–Crippen MR) is 97.2 cm³/mol. The molecule has 0 bridgehead atoms. The highest BCUT2D eigenvalue weighted by molar-refractivity contribution is 5.76. The van der Waals surface area contributed by atoms with E-state index in [2.05, 4.69) is 36.1 Å². The van der Waals surface area contributed by atoms with Crippen LogP contribution >= 0.6 is 0 Å². The Morgan fingerprint density at radius 1 is 1.28 bits per heavy atom. The van der Waals surface area contributed by atoms with Crippen LogP contribution in [0.25, 0.3) is 11.4 Å². The van der Waals surface area contributed by atoms with Gasteiger partial charge in [-0.2, -0.15) is 4.98 Å². The van der Waals surface area contributed by atoms with Gasteiger partial charge in [0.1, 0.15) is 0 Å². The van der Waals surface area contributed by atoms with Crippen LogP contribution in [0.2, 0.25) is 0 Å². The zero-order chi connectivity index (χ0) is 17.6. The summed E-state index contributed by atoms with van der Waals surface area (Å²) in [5.41, 5.74) is 2.16. The Labute approximate surface area is 149 Å². The summed E-state index contributed by atoms with van der Waals surface area (Å²) < 4.78 is 5.51. The van der Waals surface area contributed by atoms with Gasteiger partial charge in [-0.15, -0.1) is 0 Å². The SMILES string of the molecule is CCCCCC(=O)N1CCC(c2nc(-c3cccc(C)c3)no2)CC1. The number of unbranched alkanes of at least 4 members (excludes halogenated alkanes) is 2. The molecule has 2 aromatic rings. The fourth-order valence-corrected chi connectivity index (χ4v) is 3.36. The Bertz CT molecular complexity index is 702. The van der Waals surface area contributed by atoms with Gasteiger partial charge in [0.15, 0.2) is 0 Å². The number of carbonyl (C=O) groups excluding carboxylic acids is 1. The number of nitrogens with zero attached hydrogens (tertiary/aromatic N) is 3. The minimum atomic E-state index is 0.255. The Hall–Kier alpha value is -2.17. The lowest BCUT2D eigenvalue weighted by Gasteiger charge is -2.30. The van der Waals surface area contributed by atoms with Crippen molar-refractivity contribution in [1.29, 1.82) is 0 Å². The van der Waals surface area contributed by atoms with Gasteiger partial charge in [-0.05, 0) is 32.3 Å². The van der Waals surface area contributed by atoms with E-state index in [-0.39, 0.29) is 11.8 Å². The van der Waals surface area contributed by atoms with E-state index in [4.69, 9.17) is 4.52 Å². The lowest BCUT2D eigenvalue weighted by molar-refractivity contribution is -0.132. The number of benzene rings is 1. The summed E-state index contributed by atoms with van der Waals surface area (Å²) in [7, 11) is 0. The van der Waals surface area contributed by atoms with Crippen LogP contribution in [0.4, 0.5) is 0 Å². The molecule has 25 heavy (non-hydrogen) atoms. The summed E-state index contributed by atoms with van der Waals surface area (Å²) in [5, 5.41) is 4.14. The summed E-state index contributed by atoms with van der Waals surface area (Å²) in [6, 6.07) is 8.12. The van der Waals surface area contributed by atoms with Crippen LogP contribution in [0.15, 0.2) is 28.8 Å². The van der Waals surface area contributed by atoms with Gasteiger partial charge in [-0.1, -0.05) is 48.7 Å². The minimum absolute atomic E-state index is 0.255. The van der Waals surface area contributed by atoms with Crippen LogP contribution in [-0.2, 0) is 4.79 Å². The number of amides is 1. The Balaban J connectivity index is 1.56. The van der Waals surface area contributed by atoms with Crippen LogP contribution in [0.5, 0.6) is 0 Å². The Morgan fingerprint density at radius 3 is 2.80 bits per heavy atom. The van der Waals surface area contributed by atoms with Crippen molar-refractivity contribution in [3.63, 3.8) is 0 Å². The molecular weight excluding hydrogens is 314 g/mol. The molecular formula is C20H27N3O2. The van der Waals surface area contributed by atoms with Crippen LogP contribution in [-0.4, -0.2) is 34.0 Å². The molecule has 0 unspecified atom stereocenters. The van der Waals surface area contributed by atoms with Gasteiger partial charge in [-0.25, -0.2) is 0 Å². The van der Waals surface area contributed by atoms with E-state index in [1.165, 1.54) is 5.56 Å². The predicted octanol–water partition coefficient (Wildman–Crippen LogP) is 4.33. The topological polar surface area (TPSA) is 59.2 Å². The summed E-state index contributed by atoms with van der Waals surface area (Å²) in [6.45, 7) is 5.79. The molecule has 5 nitrogen and oxygen atoms in total.